The van der Waals surface area contributed by atoms with Crippen molar-refractivity contribution in [2.75, 3.05) is 26.2 Å². The zero-order chi connectivity index (χ0) is 17.6. The molecule has 0 aromatic heterocycles. The van der Waals surface area contributed by atoms with Gasteiger partial charge in [-0.05, 0) is 31.4 Å². The molecule has 3 rings (SSSR count). The van der Waals surface area contributed by atoms with Crippen molar-refractivity contribution in [3.8, 4) is 0 Å². The minimum absolute atomic E-state index is 0.0815. The number of carbonyl (C=O) groups excluding carboxylic acids is 2. The Morgan fingerprint density at radius 2 is 1.68 bits per heavy atom. The molecule has 2 amide bonds. The van der Waals surface area contributed by atoms with E-state index >= 15 is 0 Å². The van der Waals surface area contributed by atoms with Crippen LogP contribution in [0, 0.1) is 12.8 Å². The van der Waals surface area contributed by atoms with E-state index in [-0.39, 0.29) is 11.8 Å². The van der Waals surface area contributed by atoms with E-state index in [1.165, 1.54) is 32.1 Å². The molecule has 2 aliphatic rings. The highest BCUT2D eigenvalue weighted by molar-refractivity contribution is 5.94. The van der Waals surface area contributed by atoms with E-state index in [0.717, 1.165) is 23.5 Å². The number of nitrogens with zero attached hydrogens (tertiary/aromatic N) is 2. The molecule has 1 aromatic rings. The summed E-state index contributed by atoms with van der Waals surface area (Å²) in [6.45, 7) is 4.62. The standard InChI is InChI=1S/C21H30N2O2/c1-17-6-5-9-19(16-17)21(25)23-14-12-22(13-15-23)20(24)11-10-18-7-3-2-4-8-18/h5-6,9,16,18H,2-4,7-8,10-15H2,1H3. The Balaban J connectivity index is 1.44. The maximum absolute atomic E-state index is 12.6. The summed E-state index contributed by atoms with van der Waals surface area (Å²) in [5.74, 6) is 1.10. The molecule has 0 radical (unpaired) electrons. The van der Waals surface area contributed by atoms with Crippen LogP contribution in [0.5, 0.6) is 0 Å². The Bertz CT molecular complexity index is 600. The van der Waals surface area contributed by atoms with Crippen LogP contribution in [0.15, 0.2) is 24.3 Å². The van der Waals surface area contributed by atoms with Crippen LogP contribution in [0.1, 0.15) is 60.9 Å². The van der Waals surface area contributed by atoms with Crippen LogP contribution < -0.4 is 0 Å². The van der Waals surface area contributed by atoms with Crippen LogP contribution in [0.3, 0.4) is 0 Å². The summed E-state index contributed by atoms with van der Waals surface area (Å²) in [7, 11) is 0. The lowest BCUT2D eigenvalue weighted by atomic mass is 9.86. The molecule has 2 fully saturated rings. The van der Waals surface area contributed by atoms with Gasteiger partial charge in [0.05, 0.1) is 0 Å². The zero-order valence-corrected chi connectivity index (χ0v) is 15.4. The Morgan fingerprint density at radius 3 is 2.36 bits per heavy atom. The van der Waals surface area contributed by atoms with Gasteiger partial charge in [-0.3, -0.25) is 9.59 Å². The SMILES string of the molecule is Cc1cccc(C(=O)N2CCN(C(=O)CCC3CCCCC3)CC2)c1. The van der Waals surface area contributed by atoms with Gasteiger partial charge in [-0.1, -0.05) is 49.8 Å². The predicted molar refractivity (Wildman–Crippen MR) is 99.5 cm³/mol. The summed E-state index contributed by atoms with van der Waals surface area (Å²) in [6.07, 6.45) is 8.34. The minimum atomic E-state index is 0.0815. The van der Waals surface area contributed by atoms with E-state index in [0.29, 0.717) is 32.6 Å². The van der Waals surface area contributed by atoms with Crippen LogP contribution in [0.25, 0.3) is 0 Å². The first kappa shape index (κ1) is 18.0. The third-order valence-corrected chi connectivity index (χ3v) is 5.68. The molecule has 4 heteroatoms. The lowest BCUT2D eigenvalue weighted by molar-refractivity contribution is -0.133. The number of piperazine rings is 1. The number of rotatable bonds is 4. The highest BCUT2D eigenvalue weighted by Crippen LogP contribution is 2.27. The third kappa shape index (κ3) is 4.83. The fourth-order valence-electron chi connectivity index (χ4n) is 4.08. The number of amides is 2. The number of benzene rings is 1. The number of carbonyl (C=O) groups is 2. The minimum Gasteiger partial charge on any atom is -0.339 e. The zero-order valence-electron chi connectivity index (χ0n) is 15.4. The van der Waals surface area contributed by atoms with Gasteiger partial charge in [0.25, 0.3) is 5.91 Å². The lowest BCUT2D eigenvalue weighted by Gasteiger charge is -2.35. The van der Waals surface area contributed by atoms with Crippen LogP contribution in [0.2, 0.25) is 0 Å². The average Bonchev–Trinajstić information content (AvgIpc) is 2.66. The summed E-state index contributed by atoms with van der Waals surface area (Å²) in [4.78, 5) is 28.9. The van der Waals surface area contributed by atoms with Crippen molar-refractivity contribution < 1.29 is 9.59 Å². The topological polar surface area (TPSA) is 40.6 Å². The number of hydrogen-bond acceptors (Lipinski definition) is 2. The van der Waals surface area contributed by atoms with Gasteiger partial charge in [-0.25, -0.2) is 0 Å². The molecule has 1 aliphatic heterocycles. The third-order valence-electron chi connectivity index (χ3n) is 5.68. The summed E-state index contributed by atoms with van der Waals surface area (Å²) in [6, 6.07) is 7.73. The van der Waals surface area contributed by atoms with Gasteiger partial charge in [-0.2, -0.15) is 0 Å². The summed E-state index contributed by atoms with van der Waals surface area (Å²) >= 11 is 0. The molecule has 0 bridgehead atoms. The fraction of sp³-hybridized carbons (Fsp3) is 0.619. The van der Waals surface area contributed by atoms with Crippen molar-refractivity contribution in [1.29, 1.82) is 0 Å². The molecule has 0 spiro atoms. The Labute approximate surface area is 151 Å². The van der Waals surface area contributed by atoms with E-state index in [4.69, 9.17) is 0 Å². The van der Waals surface area contributed by atoms with Crippen LogP contribution in [-0.2, 0) is 4.79 Å². The van der Waals surface area contributed by atoms with Crippen LogP contribution in [-0.4, -0.2) is 47.8 Å². The second-order valence-electron chi connectivity index (χ2n) is 7.59. The second kappa shape index (κ2) is 8.50. The fourth-order valence-corrected chi connectivity index (χ4v) is 4.08. The first-order valence-electron chi connectivity index (χ1n) is 9.77. The van der Waals surface area contributed by atoms with Gasteiger partial charge in [0.15, 0.2) is 0 Å². The molecule has 1 heterocycles. The highest BCUT2D eigenvalue weighted by Gasteiger charge is 2.25. The van der Waals surface area contributed by atoms with Gasteiger partial charge in [-0.15, -0.1) is 0 Å². The van der Waals surface area contributed by atoms with Crippen molar-refractivity contribution >= 4 is 11.8 Å². The maximum Gasteiger partial charge on any atom is 0.253 e. The van der Waals surface area contributed by atoms with Crippen molar-refractivity contribution in [3.63, 3.8) is 0 Å². The van der Waals surface area contributed by atoms with Gasteiger partial charge < -0.3 is 9.80 Å². The summed E-state index contributed by atoms with van der Waals surface area (Å²) in [5, 5.41) is 0. The molecular formula is C21H30N2O2. The smallest absolute Gasteiger partial charge is 0.253 e. The van der Waals surface area contributed by atoms with E-state index in [2.05, 4.69) is 0 Å². The maximum atomic E-state index is 12.6. The molecule has 1 aliphatic carbocycles. The number of hydrogen-bond donors (Lipinski definition) is 0. The van der Waals surface area contributed by atoms with Crippen molar-refractivity contribution in [2.45, 2.75) is 51.9 Å². The number of aryl methyl sites for hydroxylation is 1. The highest BCUT2D eigenvalue weighted by atomic mass is 16.2. The Morgan fingerprint density at radius 1 is 1.00 bits per heavy atom. The predicted octanol–water partition coefficient (Wildman–Crippen LogP) is 3.64. The quantitative estimate of drug-likeness (QED) is 0.838. The Hall–Kier alpha value is -1.84. The van der Waals surface area contributed by atoms with Crippen molar-refractivity contribution in [3.05, 3.63) is 35.4 Å². The molecule has 1 saturated carbocycles. The average molecular weight is 342 g/mol. The Kier molecular flexibility index (Phi) is 6.11. The van der Waals surface area contributed by atoms with Crippen LogP contribution >= 0.6 is 0 Å². The lowest BCUT2D eigenvalue weighted by Crippen LogP contribution is -2.50. The molecule has 0 unspecified atom stereocenters. The summed E-state index contributed by atoms with van der Waals surface area (Å²) < 4.78 is 0. The first-order chi connectivity index (χ1) is 12.1. The molecule has 25 heavy (non-hydrogen) atoms. The van der Waals surface area contributed by atoms with Gasteiger partial charge >= 0.3 is 0 Å². The van der Waals surface area contributed by atoms with E-state index < -0.39 is 0 Å². The van der Waals surface area contributed by atoms with Gasteiger partial charge in [0, 0.05) is 38.2 Å². The van der Waals surface area contributed by atoms with E-state index in [1.807, 2.05) is 41.0 Å². The molecule has 1 aromatic carbocycles. The van der Waals surface area contributed by atoms with Crippen LogP contribution in [0.4, 0.5) is 0 Å². The molecular weight excluding hydrogens is 312 g/mol. The van der Waals surface area contributed by atoms with Crippen molar-refractivity contribution in [1.82, 2.24) is 9.80 Å². The molecule has 0 atom stereocenters. The van der Waals surface area contributed by atoms with Gasteiger partial charge in [0.2, 0.25) is 5.91 Å². The van der Waals surface area contributed by atoms with E-state index in [1.54, 1.807) is 0 Å². The molecule has 136 valence electrons. The van der Waals surface area contributed by atoms with E-state index in [9.17, 15) is 9.59 Å². The molecule has 4 nitrogen and oxygen atoms in total. The second-order valence-corrected chi connectivity index (χ2v) is 7.59. The largest absolute Gasteiger partial charge is 0.339 e. The molecule has 1 saturated heterocycles. The normalized spacial score (nSPS) is 19.1. The first-order valence-corrected chi connectivity index (χ1v) is 9.77. The van der Waals surface area contributed by atoms with Crippen molar-refractivity contribution in [2.24, 2.45) is 5.92 Å². The summed E-state index contributed by atoms with van der Waals surface area (Å²) in [5.41, 5.74) is 1.85. The monoisotopic (exact) mass is 342 g/mol. The van der Waals surface area contributed by atoms with Gasteiger partial charge in [0.1, 0.15) is 0 Å². The molecule has 0 N–H and O–H groups in total.